The van der Waals surface area contributed by atoms with Crippen LogP contribution < -0.4 is 4.74 Å². The van der Waals surface area contributed by atoms with Crippen LogP contribution in [-0.2, 0) is 0 Å². The molecule has 0 unspecified atom stereocenters. The summed E-state index contributed by atoms with van der Waals surface area (Å²) in [5, 5.41) is 19.0. The van der Waals surface area contributed by atoms with Gasteiger partial charge in [-0.3, -0.25) is 9.80 Å². The van der Waals surface area contributed by atoms with Crippen molar-refractivity contribution >= 4 is 15.9 Å². The molecule has 2 N–H and O–H groups in total. The zero-order valence-electron chi connectivity index (χ0n) is 12.1. The number of hydrogen-bond acceptors (Lipinski definition) is 5. The molecule has 1 atom stereocenters. The number of rotatable bonds is 7. The maximum Gasteiger partial charge on any atom is 0.119 e. The SMILES string of the molecule is OCCN1CCN(C[C@H](O)COc2ccc(Br)cc2)CC1. The summed E-state index contributed by atoms with van der Waals surface area (Å²) in [6.07, 6.45) is -0.488. The van der Waals surface area contributed by atoms with Crippen molar-refractivity contribution in [2.75, 3.05) is 52.5 Å². The molecule has 1 aliphatic rings. The van der Waals surface area contributed by atoms with Crippen molar-refractivity contribution in [2.24, 2.45) is 0 Å². The van der Waals surface area contributed by atoms with Gasteiger partial charge in [-0.05, 0) is 24.3 Å². The third kappa shape index (κ3) is 5.92. The van der Waals surface area contributed by atoms with E-state index in [1.165, 1.54) is 0 Å². The Kier molecular flexibility index (Phi) is 6.92. The number of halogens is 1. The van der Waals surface area contributed by atoms with Gasteiger partial charge in [0.15, 0.2) is 0 Å². The quantitative estimate of drug-likeness (QED) is 0.754. The smallest absolute Gasteiger partial charge is 0.119 e. The fourth-order valence-electron chi connectivity index (χ4n) is 2.41. The first-order valence-corrected chi connectivity index (χ1v) is 8.08. The van der Waals surface area contributed by atoms with E-state index < -0.39 is 6.10 Å². The Morgan fingerprint density at radius 2 is 1.71 bits per heavy atom. The lowest BCUT2D eigenvalue weighted by Crippen LogP contribution is -2.49. The normalized spacial score (nSPS) is 18.6. The number of aliphatic hydroxyl groups excluding tert-OH is 2. The van der Waals surface area contributed by atoms with Crippen molar-refractivity contribution < 1.29 is 14.9 Å². The lowest BCUT2D eigenvalue weighted by Gasteiger charge is -2.35. The van der Waals surface area contributed by atoms with Gasteiger partial charge in [-0.15, -0.1) is 0 Å². The minimum atomic E-state index is -0.488. The summed E-state index contributed by atoms with van der Waals surface area (Å²) < 4.78 is 6.59. The molecule has 1 aromatic carbocycles. The molecule has 1 heterocycles. The van der Waals surface area contributed by atoms with Gasteiger partial charge in [0.25, 0.3) is 0 Å². The van der Waals surface area contributed by atoms with E-state index in [9.17, 15) is 5.11 Å². The highest BCUT2D eigenvalue weighted by atomic mass is 79.9. The van der Waals surface area contributed by atoms with E-state index in [0.717, 1.165) is 42.9 Å². The molecule has 0 saturated carbocycles. The average Bonchev–Trinajstić information content (AvgIpc) is 2.49. The Bertz CT molecular complexity index is 408. The van der Waals surface area contributed by atoms with Gasteiger partial charge in [-0.2, -0.15) is 0 Å². The van der Waals surface area contributed by atoms with Crippen LogP contribution in [0.25, 0.3) is 0 Å². The van der Waals surface area contributed by atoms with Crippen molar-refractivity contribution in [3.05, 3.63) is 28.7 Å². The summed E-state index contributed by atoms with van der Waals surface area (Å²) in [6.45, 7) is 5.63. The summed E-state index contributed by atoms with van der Waals surface area (Å²) in [5.74, 6) is 0.769. The Morgan fingerprint density at radius 1 is 1.10 bits per heavy atom. The van der Waals surface area contributed by atoms with Gasteiger partial charge in [0.05, 0.1) is 6.61 Å². The molecule has 5 nitrogen and oxygen atoms in total. The topological polar surface area (TPSA) is 56.2 Å². The molecule has 1 aliphatic heterocycles. The van der Waals surface area contributed by atoms with Crippen LogP contribution in [0.4, 0.5) is 0 Å². The van der Waals surface area contributed by atoms with Crippen molar-refractivity contribution in [2.45, 2.75) is 6.10 Å². The van der Waals surface area contributed by atoms with Gasteiger partial charge in [-0.25, -0.2) is 0 Å². The van der Waals surface area contributed by atoms with E-state index in [2.05, 4.69) is 25.7 Å². The third-order valence-corrected chi connectivity index (χ3v) is 4.13. The molecule has 6 heteroatoms. The van der Waals surface area contributed by atoms with Gasteiger partial charge in [0, 0.05) is 43.7 Å². The molecule has 1 fully saturated rings. The number of piperazine rings is 1. The van der Waals surface area contributed by atoms with Gasteiger partial charge in [0.1, 0.15) is 18.5 Å². The number of nitrogens with zero attached hydrogens (tertiary/aromatic N) is 2. The van der Waals surface area contributed by atoms with Crippen LogP contribution in [0.1, 0.15) is 0 Å². The highest BCUT2D eigenvalue weighted by molar-refractivity contribution is 9.10. The molecule has 0 aromatic heterocycles. The van der Waals surface area contributed by atoms with E-state index in [0.29, 0.717) is 13.2 Å². The van der Waals surface area contributed by atoms with E-state index in [1.54, 1.807) is 0 Å². The standard InChI is InChI=1S/C15H23BrN2O3/c16-13-1-3-15(4-2-13)21-12-14(20)11-18-7-5-17(6-8-18)9-10-19/h1-4,14,19-20H,5-12H2/t14-/m0/s1. The molecule has 0 bridgehead atoms. The highest BCUT2D eigenvalue weighted by Gasteiger charge is 2.18. The van der Waals surface area contributed by atoms with Crippen LogP contribution in [0.15, 0.2) is 28.7 Å². The molecule has 1 aromatic rings. The van der Waals surface area contributed by atoms with Crippen LogP contribution in [-0.4, -0.2) is 78.6 Å². The number of benzene rings is 1. The second-order valence-corrected chi connectivity index (χ2v) is 6.20. The summed E-state index contributed by atoms with van der Waals surface area (Å²) in [7, 11) is 0. The maximum absolute atomic E-state index is 10.1. The molecule has 0 aliphatic carbocycles. The monoisotopic (exact) mass is 358 g/mol. The summed E-state index contributed by atoms with van der Waals surface area (Å²) >= 11 is 3.38. The largest absolute Gasteiger partial charge is 0.491 e. The Hall–Kier alpha value is -0.660. The van der Waals surface area contributed by atoms with Crippen LogP contribution in [0, 0.1) is 0 Å². The number of aliphatic hydroxyl groups is 2. The van der Waals surface area contributed by atoms with Crippen LogP contribution in [0.5, 0.6) is 5.75 Å². The first-order valence-electron chi connectivity index (χ1n) is 7.29. The minimum absolute atomic E-state index is 0.212. The van der Waals surface area contributed by atoms with Crippen molar-refractivity contribution in [1.82, 2.24) is 9.80 Å². The van der Waals surface area contributed by atoms with E-state index in [-0.39, 0.29) is 6.61 Å². The zero-order valence-corrected chi connectivity index (χ0v) is 13.7. The molecule has 0 amide bonds. The molecule has 1 saturated heterocycles. The molecular formula is C15H23BrN2O3. The summed E-state index contributed by atoms with van der Waals surface area (Å²) in [6, 6.07) is 7.60. The van der Waals surface area contributed by atoms with E-state index in [4.69, 9.17) is 9.84 Å². The summed E-state index contributed by atoms with van der Waals surface area (Å²) in [5.41, 5.74) is 0. The second kappa shape index (κ2) is 8.70. The van der Waals surface area contributed by atoms with Crippen LogP contribution in [0.3, 0.4) is 0 Å². The minimum Gasteiger partial charge on any atom is -0.491 e. The molecule has 2 rings (SSSR count). The average molecular weight is 359 g/mol. The van der Waals surface area contributed by atoms with E-state index >= 15 is 0 Å². The predicted octanol–water partition coefficient (Wildman–Crippen LogP) is 0.799. The fraction of sp³-hybridized carbons (Fsp3) is 0.600. The molecule has 118 valence electrons. The number of ether oxygens (including phenoxy) is 1. The fourth-order valence-corrected chi connectivity index (χ4v) is 2.68. The highest BCUT2D eigenvalue weighted by Crippen LogP contribution is 2.16. The Balaban J connectivity index is 1.65. The lowest BCUT2D eigenvalue weighted by atomic mass is 10.2. The maximum atomic E-state index is 10.1. The number of β-amino-alcohol motifs (C(OH)–C–C–N with tert-alkyl or cyclic N) is 2. The molecular weight excluding hydrogens is 336 g/mol. The lowest BCUT2D eigenvalue weighted by molar-refractivity contribution is 0.0428. The zero-order chi connectivity index (χ0) is 15.1. The van der Waals surface area contributed by atoms with Gasteiger partial charge in [-0.1, -0.05) is 15.9 Å². The van der Waals surface area contributed by atoms with Crippen LogP contribution in [0.2, 0.25) is 0 Å². The van der Waals surface area contributed by atoms with Crippen molar-refractivity contribution in [3.8, 4) is 5.75 Å². The third-order valence-electron chi connectivity index (χ3n) is 3.61. The van der Waals surface area contributed by atoms with Crippen LogP contribution >= 0.6 is 15.9 Å². The molecule has 0 radical (unpaired) electrons. The van der Waals surface area contributed by atoms with Gasteiger partial charge < -0.3 is 14.9 Å². The van der Waals surface area contributed by atoms with Gasteiger partial charge >= 0.3 is 0 Å². The Labute approximate surface area is 134 Å². The number of hydrogen-bond donors (Lipinski definition) is 2. The van der Waals surface area contributed by atoms with Crippen molar-refractivity contribution in [3.63, 3.8) is 0 Å². The first kappa shape index (κ1) is 16.7. The second-order valence-electron chi connectivity index (χ2n) is 5.28. The predicted molar refractivity (Wildman–Crippen MR) is 85.6 cm³/mol. The van der Waals surface area contributed by atoms with E-state index in [1.807, 2.05) is 24.3 Å². The first-order chi connectivity index (χ1) is 10.2. The molecule has 0 spiro atoms. The van der Waals surface area contributed by atoms with Crippen molar-refractivity contribution in [1.29, 1.82) is 0 Å². The molecule has 21 heavy (non-hydrogen) atoms. The Morgan fingerprint density at radius 3 is 2.33 bits per heavy atom. The summed E-state index contributed by atoms with van der Waals surface area (Å²) in [4.78, 5) is 4.48. The van der Waals surface area contributed by atoms with Gasteiger partial charge in [0.2, 0.25) is 0 Å².